The molecular formula is C17H21ClN4O2. The Kier molecular flexibility index (Phi) is 4.51. The van der Waals surface area contributed by atoms with Crippen molar-refractivity contribution in [2.45, 2.75) is 38.3 Å². The summed E-state index contributed by atoms with van der Waals surface area (Å²) >= 11 is 6.16. The fourth-order valence-corrected chi connectivity index (χ4v) is 3.32. The maximum absolute atomic E-state index is 12.5. The molecule has 1 unspecified atom stereocenters. The number of nitrogens with one attached hydrogen (secondary N) is 1. The minimum absolute atomic E-state index is 0.184. The van der Waals surface area contributed by atoms with Crippen molar-refractivity contribution in [1.82, 2.24) is 14.7 Å². The van der Waals surface area contributed by atoms with Crippen LogP contribution in [0.5, 0.6) is 0 Å². The van der Waals surface area contributed by atoms with Crippen molar-refractivity contribution in [1.29, 1.82) is 0 Å². The van der Waals surface area contributed by atoms with E-state index in [1.807, 2.05) is 18.2 Å². The fourth-order valence-electron chi connectivity index (χ4n) is 3.10. The van der Waals surface area contributed by atoms with Crippen LogP contribution in [-0.2, 0) is 0 Å². The number of hydrogen-bond acceptors (Lipinski definition) is 3. The van der Waals surface area contributed by atoms with E-state index in [1.165, 1.54) is 0 Å². The largest absolute Gasteiger partial charge is 0.388 e. The molecule has 1 aromatic heterocycles. The molecule has 0 aliphatic carbocycles. The molecule has 3 rings (SSSR count). The maximum atomic E-state index is 12.5. The second kappa shape index (κ2) is 6.45. The molecular weight excluding hydrogens is 328 g/mol. The van der Waals surface area contributed by atoms with Crippen LogP contribution in [0.3, 0.4) is 0 Å². The number of urea groups is 1. The van der Waals surface area contributed by atoms with Crippen molar-refractivity contribution >= 4 is 23.3 Å². The summed E-state index contributed by atoms with van der Waals surface area (Å²) in [5.74, 6) is 0. The zero-order valence-electron chi connectivity index (χ0n) is 13.7. The summed E-state index contributed by atoms with van der Waals surface area (Å²) in [5.41, 5.74) is 0.409. The zero-order chi connectivity index (χ0) is 17.3. The highest BCUT2D eigenvalue weighted by molar-refractivity contribution is 6.32. The number of benzene rings is 1. The minimum Gasteiger partial charge on any atom is -0.388 e. The lowest BCUT2D eigenvalue weighted by Crippen LogP contribution is -2.49. The van der Waals surface area contributed by atoms with E-state index in [0.29, 0.717) is 17.3 Å². The number of anilines is 1. The Morgan fingerprint density at radius 3 is 2.88 bits per heavy atom. The second-order valence-corrected chi connectivity index (χ2v) is 6.97. The van der Waals surface area contributed by atoms with Crippen LogP contribution >= 0.6 is 11.6 Å². The molecule has 0 saturated carbocycles. The molecule has 128 valence electrons. The van der Waals surface area contributed by atoms with E-state index in [-0.39, 0.29) is 12.1 Å². The normalized spacial score (nSPS) is 18.0. The number of aliphatic hydroxyl groups is 1. The molecule has 24 heavy (non-hydrogen) atoms. The van der Waals surface area contributed by atoms with E-state index in [2.05, 4.69) is 10.4 Å². The topological polar surface area (TPSA) is 70.4 Å². The standard InChI is InChI=1S/C17H21ClN4O2/c1-17(2,24)15-8-5-9-21(15)16(23)20-12-10-19-22(11-12)14-7-4-3-6-13(14)18/h3-4,6-7,10-11,15,24H,5,8-9H2,1-2H3,(H,20,23). The van der Waals surface area contributed by atoms with Gasteiger partial charge in [0.15, 0.2) is 0 Å². The third-order valence-electron chi connectivity index (χ3n) is 4.26. The molecule has 2 N–H and O–H groups in total. The van der Waals surface area contributed by atoms with Gasteiger partial charge in [0.25, 0.3) is 0 Å². The molecule has 6 nitrogen and oxygen atoms in total. The molecule has 1 fully saturated rings. The van der Waals surface area contributed by atoms with Crippen molar-refractivity contribution in [3.63, 3.8) is 0 Å². The molecule has 0 radical (unpaired) electrons. The molecule has 1 aromatic carbocycles. The molecule has 2 heterocycles. The van der Waals surface area contributed by atoms with Gasteiger partial charge >= 0.3 is 6.03 Å². The molecule has 1 atom stereocenters. The van der Waals surface area contributed by atoms with Crippen LogP contribution in [0.4, 0.5) is 10.5 Å². The van der Waals surface area contributed by atoms with Gasteiger partial charge in [-0.25, -0.2) is 9.48 Å². The molecule has 0 spiro atoms. The van der Waals surface area contributed by atoms with E-state index in [0.717, 1.165) is 18.5 Å². The van der Waals surface area contributed by atoms with Gasteiger partial charge in [-0.1, -0.05) is 23.7 Å². The zero-order valence-corrected chi connectivity index (χ0v) is 14.5. The summed E-state index contributed by atoms with van der Waals surface area (Å²) in [6.07, 6.45) is 4.99. The third-order valence-corrected chi connectivity index (χ3v) is 4.58. The second-order valence-electron chi connectivity index (χ2n) is 6.56. The van der Waals surface area contributed by atoms with Gasteiger partial charge in [0, 0.05) is 6.54 Å². The van der Waals surface area contributed by atoms with Gasteiger partial charge in [-0.2, -0.15) is 5.10 Å². The maximum Gasteiger partial charge on any atom is 0.322 e. The van der Waals surface area contributed by atoms with Gasteiger partial charge in [0.1, 0.15) is 0 Å². The lowest BCUT2D eigenvalue weighted by Gasteiger charge is -2.33. The monoisotopic (exact) mass is 348 g/mol. The quantitative estimate of drug-likeness (QED) is 0.894. The highest BCUT2D eigenvalue weighted by atomic mass is 35.5. The van der Waals surface area contributed by atoms with Crippen LogP contribution in [0.2, 0.25) is 5.02 Å². The number of carbonyl (C=O) groups excluding carboxylic acids is 1. The first kappa shape index (κ1) is 16.8. The van der Waals surface area contributed by atoms with E-state index in [4.69, 9.17) is 11.6 Å². The molecule has 1 aliphatic heterocycles. The molecule has 7 heteroatoms. The van der Waals surface area contributed by atoms with Gasteiger partial charge in [0.2, 0.25) is 0 Å². The smallest absolute Gasteiger partial charge is 0.322 e. The predicted octanol–water partition coefficient (Wildman–Crippen LogP) is 3.29. The number of likely N-dealkylation sites (tertiary alicyclic amines) is 1. The van der Waals surface area contributed by atoms with Crippen LogP contribution in [0, 0.1) is 0 Å². The Balaban J connectivity index is 1.73. The Labute approximate surface area is 146 Å². The summed E-state index contributed by atoms with van der Waals surface area (Å²) in [5, 5.41) is 17.9. The van der Waals surface area contributed by atoms with Crippen LogP contribution < -0.4 is 5.32 Å². The average Bonchev–Trinajstić information content (AvgIpc) is 3.16. The summed E-state index contributed by atoms with van der Waals surface area (Å²) in [7, 11) is 0. The van der Waals surface area contributed by atoms with Crippen molar-refractivity contribution in [2.24, 2.45) is 0 Å². The number of halogens is 1. The highest BCUT2D eigenvalue weighted by Crippen LogP contribution is 2.27. The lowest BCUT2D eigenvalue weighted by atomic mass is 9.97. The number of para-hydroxylation sites is 1. The molecule has 0 bridgehead atoms. The fraction of sp³-hybridized carbons (Fsp3) is 0.412. The molecule has 2 aromatic rings. The van der Waals surface area contributed by atoms with Gasteiger partial charge in [-0.15, -0.1) is 0 Å². The Hall–Kier alpha value is -2.05. The molecule has 1 saturated heterocycles. The average molecular weight is 349 g/mol. The van der Waals surface area contributed by atoms with Gasteiger partial charge in [0.05, 0.1) is 40.4 Å². The van der Waals surface area contributed by atoms with Crippen LogP contribution in [0.1, 0.15) is 26.7 Å². The van der Waals surface area contributed by atoms with Crippen LogP contribution in [0.15, 0.2) is 36.7 Å². The Morgan fingerprint density at radius 2 is 2.17 bits per heavy atom. The molecule has 1 aliphatic rings. The van der Waals surface area contributed by atoms with E-state index in [9.17, 15) is 9.90 Å². The number of hydrogen-bond donors (Lipinski definition) is 2. The summed E-state index contributed by atoms with van der Waals surface area (Å²) in [6, 6.07) is 6.96. The Morgan fingerprint density at radius 1 is 1.42 bits per heavy atom. The van der Waals surface area contributed by atoms with E-state index >= 15 is 0 Å². The molecule has 2 amide bonds. The van der Waals surface area contributed by atoms with Crippen LogP contribution in [0.25, 0.3) is 5.69 Å². The number of amides is 2. The lowest BCUT2D eigenvalue weighted by molar-refractivity contribution is 0.0117. The van der Waals surface area contributed by atoms with Crippen molar-refractivity contribution in [3.8, 4) is 5.69 Å². The number of rotatable bonds is 3. The first-order valence-corrected chi connectivity index (χ1v) is 8.33. The third kappa shape index (κ3) is 3.39. The van der Waals surface area contributed by atoms with Gasteiger partial charge in [-0.05, 0) is 38.8 Å². The summed E-state index contributed by atoms with van der Waals surface area (Å²) in [4.78, 5) is 14.2. The SMILES string of the molecule is CC(C)(O)C1CCCN1C(=O)Nc1cnn(-c2ccccc2Cl)c1. The van der Waals surface area contributed by atoms with E-state index in [1.54, 1.807) is 41.9 Å². The van der Waals surface area contributed by atoms with Gasteiger partial charge < -0.3 is 15.3 Å². The summed E-state index contributed by atoms with van der Waals surface area (Å²) in [6.45, 7) is 4.11. The van der Waals surface area contributed by atoms with Gasteiger partial charge in [-0.3, -0.25) is 0 Å². The van der Waals surface area contributed by atoms with Crippen molar-refractivity contribution in [3.05, 3.63) is 41.7 Å². The number of carbonyl (C=O) groups is 1. The Bertz CT molecular complexity index is 738. The first-order valence-electron chi connectivity index (χ1n) is 7.96. The number of aromatic nitrogens is 2. The van der Waals surface area contributed by atoms with Crippen molar-refractivity contribution < 1.29 is 9.90 Å². The summed E-state index contributed by atoms with van der Waals surface area (Å²) < 4.78 is 1.62. The van der Waals surface area contributed by atoms with Crippen molar-refractivity contribution in [2.75, 3.05) is 11.9 Å². The van der Waals surface area contributed by atoms with E-state index < -0.39 is 5.60 Å². The minimum atomic E-state index is -0.921. The highest BCUT2D eigenvalue weighted by Gasteiger charge is 2.38. The first-order chi connectivity index (χ1) is 11.4. The van der Waals surface area contributed by atoms with Crippen LogP contribution in [-0.4, -0.2) is 44.0 Å². The number of nitrogens with zero attached hydrogens (tertiary/aromatic N) is 3. The predicted molar refractivity (Wildman–Crippen MR) is 93.6 cm³/mol.